The molecule has 7 nitrogen and oxygen atoms in total. The summed E-state index contributed by atoms with van der Waals surface area (Å²) in [6, 6.07) is 8.18. The Bertz CT molecular complexity index is 783. The maximum Gasteiger partial charge on any atom is 0.317 e. The van der Waals surface area contributed by atoms with Crippen LogP contribution >= 0.6 is 0 Å². The average molecular weight is 408 g/mol. The highest BCUT2D eigenvalue weighted by atomic mass is 32.2. The van der Waals surface area contributed by atoms with Crippen molar-refractivity contribution in [1.29, 1.82) is 0 Å². The number of sulfone groups is 1. The van der Waals surface area contributed by atoms with Crippen LogP contribution in [0, 0.1) is 11.8 Å². The molecule has 0 aliphatic carbocycles. The van der Waals surface area contributed by atoms with E-state index in [9.17, 15) is 13.2 Å². The van der Waals surface area contributed by atoms with Crippen molar-refractivity contribution in [1.82, 2.24) is 10.2 Å². The molecule has 0 saturated carbocycles. The van der Waals surface area contributed by atoms with E-state index < -0.39 is 9.84 Å². The van der Waals surface area contributed by atoms with Gasteiger partial charge in [0.15, 0.2) is 0 Å². The molecule has 2 atom stereocenters. The first-order chi connectivity index (χ1) is 13.4. The minimum atomic E-state index is -2.90. The quantitative estimate of drug-likeness (QED) is 0.823. The van der Waals surface area contributed by atoms with Gasteiger partial charge in [-0.05, 0) is 44.0 Å². The van der Waals surface area contributed by atoms with Crippen LogP contribution in [0.5, 0.6) is 5.75 Å². The van der Waals surface area contributed by atoms with E-state index in [4.69, 9.17) is 4.74 Å². The first-order valence-corrected chi connectivity index (χ1v) is 12.0. The second kappa shape index (κ2) is 7.81. The number of ether oxygens (including phenoxy) is 1. The summed E-state index contributed by atoms with van der Waals surface area (Å²) in [6.45, 7) is 6.12. The molecule has 2 amide bonds. The van der Waals surface area contributed by atoms with Gasteiger partial charge in [-0.2, -0.15) is 0 Å². The molecular weight excluding hydrogens is 378 g/mol. The van der Waals surface area contributed by atoms with Crippen LogP contribution in [0.1, 0.15) is 19.8 Å². The van der Waals surface area contributed by atoms with Gasteiger partial charge >= 0.3 is 6.03 Å². The Morgan fingerprint density at radius 1 is 1.07 bits per heavy atom. The van der Waals surface area contributed by atoms with E-state index >= 15 is 0 Å². The topological polar surface area (TPSA) is 79.0 Å². The van der Waals surface area contributed by atoms with Crippen LogP contribution in [0.15, 0.2) is 24.3 Å². The number of carbonyl (C=O) groups excluding carboxylic acids is 1. The molecule has 0 aromatic heterocycles. The molecule has 1 aromatic rings. The lowest BCUT2D eigenvalue weighted by molar-refractivity contribution is 0.200. The third-order valence-electron chi connectivity index (χ3n) is 6.17. The number of amides is 2. The SMILES string of the molecule is CCOc1ccc(N2CC3CN(C(=O)NC4CCS(=O)(=O)CC4)CC3C2)cc1. The zero-order chi connectivity index (χ0) is 19.7. The van der Waals surface area contributed by atoms with Crippen molar-refractivity contribution in [2.24, 2.45) is 11.8 Å². The number of urea groups is 1. The Kier molecular flexibility index (Phi) is 5.40. The first kappa shape index (κ1) is 19.4. The largest absolute Gasteiger partial charge is 0.494 e. The molecule has 3 aliphatic rings. The fourth-order valence-electron chi connectivity index (χ4n) is 4.59. The zero-order valence-corrected chi connectivity index (χ0v) is 17.2. The van der Waals surface area contributed by atoms with Gasteiger partial charge in [-0.15, -0.1) is 0 Å². The molecule has 4 rings (SSSR count). The van der Waals surface area contributed by atoms with Crippen molar-refractivity contribution >= 4 is 21.6 Å². The molecule has 0 bridgehead atoms. The summed E-state index contributed by atoms with van der Waals surface area (Å²) >= 11 is 0. The molecule has 154 valence electrons. The van der Waals surface area contributed by atoms with Gasteiger partial charge in [0.05, 0.1) is 18.1 Å². The molecular formula is C20H29N3O4S. The first-order valence-electron chi connectivity index (χ1n) is 10.2. The highest BCUT2D eigenvalue weighted by Gasteiger charge is 2.42. The van der Waals surface area contributed by atoms with Crippen LogP contribution in [-0.2, 0) is 9.84 Å². The minimum Gasteiger partial charge on any atom is -0.494 e. The molecule has 1 N–H and O–H groups in total. The Balaban J connectivity index is 1.27. The minimum absolute atomic E-state index is 0.0168. The van der Waals surface area contributed by atoms with E-state index in [1.54, 1.807) is 0 Å². The number of rotatable bonds is 4. The maximum absolute atomic E-state index is 12.6. The van der Waals surface area contributed by atoms with Gasteiger partial charge in [0.2, 0.25) is 0 Å². The summed E-state index contributed by atoms with van der Waals surface area (Å²) in [4.78, 5) is 16.9. The summed E-state index contributed by atoms with van der Waals surface area (Å²) in [7, 11) is -2.90. The van der Waals surface area contributed by atoms with Crippen molar-refractivity contribution < 1.29 is 17.9 Å². The molecule has 3 heterocycles. The van der Waals surface area contributed by atoms with Crippen LogP contribution in [-0.4, -0.2) is 69.7 Å². The Hall–Kier alpha value is -1.96. The highest BCUT2D eigenvalue weighted by Crippen LogP contribution is 2.34. The van der Waals surface area contributed by atoms with Crippen molar-refractivity contribution in [2.75, 3.05) is 49.2 Å². The Labute approximate surface area is 166 Å². The molecule has 0 radical (unpaired) electrons. The van der Waals surface area contributed by atoms with Gasteiger partial charge in [-0.3, -0.25) is 0 Å². The monoisotopic (exact) mass is 407 g/mol. The third-order valence-corrected chi connectivity index (χ3v) is 7.88. The van der Waals surface area contributed by atoms with Crippen molar-refractivity contribution in [3.05, 3.63) is 24.3 Å². The smallest absolute Gasteiger partial charge is 0.317 e. The van der Waals surface area contributed by atoms with E-state index in [-0.39, 0.29) is 23.6 Å². The summed E-state index contributed by atoms with van der Waals surface area (Å²) < 4.78 is 28.6. The summed E-state index contributed by atoms with van der Waals surface area (Å²) in [6.07, 6.45) is 1.06. The van der Waals surface area contributed by atoms with E-state index in [0.29, 0.717) is 31.3 Å². The number of fused-ring (bicyclic) bond motifs is 1. The van der Waals surface area contributed by atoms with E-state index in [1.807, 2.05) is 24.0 Å². The number of anilines is 1. The number of nitrogens with zero attached hydrogens (tertiary/aromatic N) is 2. The number of benzene rings is 1. The molecule has 0 spiro atoms. The standard InChI is InChI=1S/C20H29N3O4S/c1-2-27-19-5-3-18(4-6-19)22-11-15-13-23(14-16(15)12-22)20(24)21-17-7-9-28(25,26)10-8-17/h3-6,15-17H,2,7-14H2,1H3,(H,21,24). The average Bonchev–Trinajstić information content (AvgIpc) is 3.24. The van der Waals surface area contributed by atoms with Crippen molar-refractivity contribution in [3.63, 3.8) is 0 Å². The fraction of sp³-hybridized carbons (Fsp3) is 0.650. The summed E-state index contributed by atoms with van der Waals surface area (Å²) in [5, 5.41) is 3.04. The lowest BCUT2D eigenvalue weighted by Gasteiger charge is -2.27. The van der Waals surface area contributed by atoms with E-state index in [1.165, 1.54) is 5.69 Å². The van der Waals surface area contributed by atoms with Crippen LogP contribution in [0.2, 0.25) is 0 Å². The van der Waals surface area contributed by atoms with Gasteiger partial charge in [0.25, 0.3) is 0 Å². The maximum atomic E-state index is 12.6. The highest BCUT2D eigenvalue weighted by molar-refractivity contribution is 7.91. The zero-order valence-electron chi connectivity index (χ0n) is 16.3. The normalized spacial score (nSPS) is 26.9. The lowest BCUT2D eigenvalue weighted by Crippen LogP contribution is -2.47. The van der Waals surface area contributed by atoms with Crippen LogP contribution in [0.25, 0.3) is 0 Å². The lowest BCUT2D eigenvalue weighted by atomic mass is 10.0. The van der Waals surface area contributed by atoms with Gasteiger partial charge in [0.1, 0.15) is 15.6 Å². The second-order valence-electron chi connectivity index (χ2n) is 8.13. The number of carbonyl (C=O) groups is 1. The summed E-state index contributed by atoms with van der Waals surface area (Å²) in [5.74, 6) is 2.23. The van der Waals surface area contributed by atoms with Gasteiger partial charge < -0.3 is 19.9 Å². The molecule has 3 fully saturated rings. The van der Waals surface area contributed by atoms with Gasteiger partial charge in [0, 0.05) is 49.7 Å². The second-order valence-corrected chi connectivity index (χ2v) is 10.4. The molecule has 3 saturated heterocycles. The van der Waals surface area contributed by atoms with Gasteiger partial charge in [-0.1, -0.05) is 0 Å². The fourth-order valence-corrected chi connectivity index (χ4v) is 6.08. The number of hydrogen-bond donors (Lipinski definition) is 1. The predicted molar refractivity (Wildman–Crippen MR) is 109 cm³/mol. The van der Waals surface area contributed by atoms with E-state index in [0.717, 1.165) is 31.9 Å². The van der Waals surface area contributed by atoms with Crippen molar-refractivity contribution in [3.8, 4) is 5.75 Å². The molecule has 1 aromatic carbocycles. The van der Waals surface area contributed by atoms with E-state index in [2.05, 4.69) is 22.3 Å². The Morgan fingerprint density at radius 2 is 1.68 bits per heavy atom. The third kappa shape index (κ3) is 4.21. The number of hydrogen-bond acceptors (Lipinski definition) is 5. The van der Waals surface area contributed by atoms with Crippen LogP contribution in [0.3, 0.4) is 0 Å². The Morgan fingerprint density at radius 3 is 2.25 bits per heavy atom. The van der Waals surface area contributed by atoms with Crippen LogP contribution in [0.4, 0.5) is 10.5 Å². The predicted octanol–water partition coefficient (Wildman–Crippen LogP) is 1.74. The molecule has 8 heteroatoms. The van der Waals surface area contributed by atoms with Crippen LogP contribution < -0.4 is 15.0 Å². The molecule has 2 unspecified atom stereocenters. The van der Waals surface area contributed by atoms with Crippen molar-refractivity contribution in [2.45, 2.75) is 25.8 Å². The summed E-state index contributed by atoms with van der Waals surface area (Å²) in [5.41, 5.74) is 1.21. The molecule has 3 aliphatic heterocycles. The molecule has 28 heavy (non-hydrogen) atoms. The van der Waals surface area contributed by atoms with Gasteiger partial charge in [-0.25, -0.2) is 13.2 Å². The number of nitrogens with one attached hydrogen (secondary N) is 1. The number of likely N-dealkylation sites (tertiary alicyclic amines) is 1.